The summed E-state index contributed by atoms with van der Waals surface area (Å²) in [6.45, 7) is 0. The van der Waals surface area contributed by atoms with Gasteiger partial charge in [-0.15, -0.1) is 0 Å². The first kappa shape index (κ1) is 53.9. The van der Waals surface area contributed by atoms with Gasteiger partial charge in [0.2, 0.25) is 0 Å². The fraction of sp³-hybridized carbons (Fsp3) is 0.800. The predicted molar refractivity (Wildman–Crippen MR) is 211 cm³/mol. The van der Waals surface area contributed by atoms with Crippen LogP contribution in [0.1, 0.15) is 51.4 Å². The van der Waals surface area contributed by atoms with E-state index in [9.17, 15) is 79.2 Å². The minimum atomic E-state index is -2.27. The van der Waals surface area contributed by atoms with Crippen molar-refractivity contribution in [3.63, 3.8) is 0 Å². The minimum Gasteiger partial charge on any atom is -0.870 e. The van der Waals surface area contributed by atoms with Gasteiger partial charge in [-0.3, -0.25) is 80.9 Å². The van der Waals surface area contributed by atoms with E-state index < -0.39 is 156 Å². The Morgan fingerprint density at radius 3 is 0.597 bits per heavy atom. The number of hydrogen-bond acceptors (Lipinski definition) is 17. The van der Waals surface area contributed by atoms with Crippen molar-refractivity contribution in [3.05, 3.63) is 0 Å². The van der Waals surface area contributed by atoms with Crippen LogP contribution >= 0.6 is 0 Å². The van der Waals surface area contributed by atoms with Gasteiger partial charge in [0.05, 0.1) is 96.7 Å². The molecule has 0 radical (unpaired) electrons. The average molecular weight is 1020 g/mol. The van der Waals surface area contributed by atoms with Gasteiger partial charge < -0.3 is 46.3 Å². The van der Waals surface area contributed by atoms with Crippen molar-refractivity contribution in [2.45, 2.75) is 101 Å². The molecule has 8 bridgehead atoms. The van der Waals surface area contributed by atoms with Gasteiger partial charge in [-0.25, -0.2) is 0 Å². The summed E-state index contributed by atoms with van der Waals surface area (Å²) in [5.41, 5.74) is 0. The minimum absolute atomic E-state index is 0. The molecule has 17 N–H and O–H groups in total. The SMILES string of the molecule is O=C(O)C1C(C(=O)O)C(C(=O)O)C2C3NC(NC4NC(NC5NC(NC6NC(N3)C3C(C(=O)O)C(C(=O)O)C(C(=O)O)C(C(=O)O)C63)C3CCCCC53)C3CCCCC43)C2C1C(=O)O.[Fe].[K+].[OH-]. The molecule has 0 aromatic carbocycles. The van der Waals surface area contributed by atoms with Crippen LogP contribution in [-0.2, 0) is 55.4 Å². The Morgan fingerprint density at radius 1 is 0.284 bits per heavy atom. The van der Waals surface area contributed by atoms with Crippen LogP contribution in [0.4, 0.5) is 0 Å². The molecule has 24 atom stereocenters. The summed E-state index contributed by atoms with van der Waals surface area (Å²) in [4.78, 5) is 106. The van der Waals surface area contributed by atoms with Crippen molar-refractivity contribution in [1.29, 1.82) is 0 Å². The summed E-state index contributed by atoms with van der Waals surface area (Å²) in [5, 5.41) is 113. The first-order valence-electron chi connectivity index (χ1n) is 22.3. The summed E-state index contributed by atoms with van der Waals surface area (Å²) in [5.74, 6) is -37.2. The molecule has 5 saturated heterocycles. The summed E-state index contributed by atoms with van der Waals surface area (Å²) >= 11 is 0. The van der Waals surface area contributed by atoms with E-state index in [1.807, 2.05) is 0 Å². The normalized spacial score (nSPS) is 47.0. The first-order chi connectivity index (χ1) is 30.4. The maximum absolute atomic E-state index is 13.4. The molecular weight excluding hydrogens is 959 g/mol. The van der Waals surface area contributed by atoms with Crippen LogP contribution in [0, 0.1) is 94.7 Å². The van der Waals surface area contributed by atoms with Crippen LogP contribution in [0.5, 0.6) is 0 Å². The molecule has 5 aliphatic heterocycles. The van der Waals surface area contributed by atoms with Crippen LogP contribution < -0.4 is 93.9 Å². The molecule has 9 rings (SSSR count). The zero-order chi connectivity index (χ0) is 45.8. The molecule has 0 spiro atoms. The van der Waals surface area contributed by atoms with Gasteiger partial charge in [-0.2, -0.15) is 0 Å². The fourth-order valence-electron chi connectivity index (χ4n) is 14.9. The van der Waals surface area contributed by atoms with Crippen molar-refractivity contribution in [2.75, 3.05) is 0 Å². The average Bonchev–Trinajstić information content (AvgIpc) is 3.97. The molecule has 67 heavy (non-hydrogen) atoms. The third-order valence-electron chi connectivity index (χ3n) is 17.0. The number of aliphatic carboxylic acids is 8. The molecule has 0 aromatic rings. The number of carboxylic acids is 8. The molecule has 25 nitrogen and oxygen atoms in total. The molecule has 0 aromatic heterocycles. The number of fused-ring (bicyclic) bond motifs is 20. The smallest absolute Gasteiger partial charge is 0.870 e. The third kappa shape index (κ3) is 9.00. The first-order valence-corrected chi connectivity index (χ1v) is 22.3. The van der Waals surface area contributed by atoms with Gasteiger partial charge in [0.25, 0.3) is 0 Å². The molecular formula is C40H57FeKN8O17. The quantitative estimate of drug-likeness (QED) is 0.101. The number of carboxylic acid groups (broad SMARTS) is 8. The Hall–Kier alpha value is -2.44. The van der Waals surface area contributed by atoms with Crippen molar-refractivity contribution >= 4 is 47.8 Å². The van der Waals surface area contributed by atoms with E-state index in [4.69, 9.17) is 0 Å². The maximum Gasteiger partial charge on any atom is 1.00 e. The Labute approximate surface area is 435 Å². The Kier molecular flexibility index (Phi) is 16.7. The van der Waals surface area contributed by atoms with Crippen molar-refractivity contribution < 1.29 is 153 Å². The zero-order valence-electron chi connectivity index (χ0n) is 36.2. The van der Waals surface area contributed by atoms with Crippen LogP contribution in [-0.4, -0.2) is 143 Å². The molecule has 9 aliphatic rings. The van der Waals surface area contributed by atoms with Gasteiger partial charge in [0.15, 0.2) is 0 Å². The molecule has 368 valence electrons. The van der Waals surface area contributed by atoms with Crippen LogP contribution in [0.3, 0.4) is 0 Å². The predicted octanol–water partition coefficient (Wildman–Crippen LogP) is -6.08. The number of nitrogens with one attached hydrogen (secondary N) is 8. The number of rotatable bonds is 8. The summed E-state index contributed by atoms with van der Waals surface area (Å²) in [6.07, 6.45) is -0.163. The standard InChI is InChI=1S/C40H56N8O16.Fe.K.H2O/c49-33(50)17-13-15(19(35(53)54)23(39(61)62)21(17)37(57)58)31-46-29(13)44-27-11-7-3-1-5-9(11)25(42-27)41-26-10-6-2-4-8-12(10)28(43-26)45-30-14-16(32(47-30)48-31)20(36(55)56)24(40(63)64)22(38(59)60)18(14)34(51)52;;;/h9-32,41-48H,1-8H2,(H,49,50)(H,51,52)(H,53,54)(H,55,56)(H,57,58)(H,59,60)(H,61,62)(H,63,64);;;1H2/q;;+1;/p-1. The second-order valence-corrected chi connectivity index (χ2v) is 19.6. The van der Waals surface area contributed by atoms with Gasteiger partial charge in [0.1, 0.15) is 0 Å². The van der Waals surface area contributed by atoms with E-state index in [-0.39, 0.29) is 110 Å². The van der Waals surface area contributed by atoms with Crippen molar-refractivity contribution in [3.8, 4) is 0 Å². The third-order valence-corrected chi connectivity index (χ3v) is 17.0. The van der Waals surface area contributed by atoms with Crippen LogP contribution in [0.2, 0.25) is 0 Å². The van der Waals surface area contributed by atoms with E-state index in [1.165, 1.54) is 0 Å². The Balaban J connectivity index is 0.00000247. The summed E-state index contributed by atoms with van der Waals surface area (Å²) in [7, 11) is 0. The molecule has 5 heterocycles. The second kappa shape index (κ2) is 20.7. The molecule has 27 heteroatoms. The van der Waals surface area contributed by atoms with E-state index in [0.717, 1.165) is 51.4 Å². The van der Waals surface area contributed by atoms with Crippen LogP contribution in [0.25, 0.3) is 0 Å². The molecule has 24 unspecified atom stereocenters. The number of hydrogen-bond donors (Lipinski definition) is 16. The number of carbonyl (C=O) groups is 8. The molecule has 4 saturated carbocycles. The summed E-state index contributed by atoms with van der Waals surface area (Å²) in [6, 6.07) is 0. The topological polar surface area (TPSA) is 425 Å². The van der Waals surface area contributed by atoms with Gasteiger partial charge in [-0.05, 0) is 49.4 Å². The molecule has 4 aliphatic carbocycles. The molecule has 9 fully saturated rings. The van der Waals surface area contributed by atoms with Crippen LogP contribution in [0.15, 0.2) is 0 Å². The fourth-order valence-corrected chi connectivity index (χ4v) is 14.9. The van der Waals surface area contributed by atoms with Crippen molar-refractivity contribution in [1.82, 2.24) is 42.5 Å². The molecule has 0 amide bonds. The monoisotopic (exact) mass is 1020 g/mol. The van der Waals surface area contributed by atoms with Gasteiger partial charge >= 0.3 is 99.1 Å². The Morgan fingerprint density at radius 2 is 0.433 bits per heavy atom. The van der Waals surface area contributed by atoms with E-state index in [1.54, 1.807) is 0 Å². The Bertz CT molecular complexity index is 1860. The second-order valence-electron chi connectivity index (χ2n) is 19.6. The summed E-state index contributed by atoms with van der Waals surface area (Å²) < 4.78 is 0. The van der Waals surface area contributed by atoms with Gasteiger partial charge in [-0.1, -0.05) is 25.7 Å². The van der Waals surface area contributed by atoms with E-state index in [0.29, 0.717) is 0 Å². The van der Waals surface area contributed by atoms with Gasteiger partial charge in [0, 0.05) is 40.7 Å². The van der Waals surface area contributed by atoms with E-state index >= 15 is 0 Å². The maximum atomic E-state index is 13.4. The largest absolute Gasteiger partial charge is 1.00 e. The van der Waals surface area contributed by atoms with Crippen molar-refractivity contribution in [2.24, 2.45) is 94.7 Å². The van der Waals surface area contributed by atoms with E-state index in [2.05, 4.69) is 42.5 Å². The zero-order valence-corrected chi connectivity index (χ0v) is 40.4.